The number of nitrogens with zero attached hydrogens (tertiary/aromatic N) is 3. The molecule has 1 unspecified atom stereocenters. The Bertz CT molecular complexity index is 1100. The van der Waals surface area contributed by atoms with Crippen LogP contribution in [0.15, 0.2) is 45.4 Å². The number of carbonyl (C=O) groups excluding carboxylic acids is 1. The Labute approximate surface area is 195 Å². The zero-order chi connectivity index (χ0) is 23.8. The minimum atomic E-state index is -1.93. The molecule has 1 amide bonds. The summed E-state index contributed by atoms with van der Waals surface area (Å²) in [6.07, 6.45) is 1.27. The Morgan fingerprint density at radius 2 is 1.85 bits per heavy atom. The van der Waals surface area contributed by atoms with Gasteiger partial charge >= 0.3 is 0 Å². The van der Waals surface area contributed by atoms with Gasteiger partial charge in [0.15, 0.2) is 25.6 Å². The molecule has 0 saturated heterocycles. The molecular weight excluding hydrogens is 436 g/mol. The van der Waals surface area contributed by atoms with Crippen molar-refractivity contribution < 1.29 is 18.3 Å². The zero-order valence-corrected chi connectivity index (χ0v) is 21.1. The first-order valence-electron chi connectivity index (χ1n) is 11.4. The molecule has 1 aliphatic carbocycles. The number of amides is 1. The smallest absolute Gasteiger partial charge is 0.273 e. The Morgan fingerprint density at radius 3 is 2.52 bits per heavy atom. The maximum absolute atomic E-state index is 12.5. The molecule has 33 heavy (non-hydrogen) atoms. The van der Waals surface area contributed by atoms with Gasteiger partial charge in [0.1, 0.15) is 6.10 Å². The summed E-state index contributed by atoms with van der Waals surface area (Å²) in [6, 6.07) is 11.3. The van der Waals surface area contributed by atoms with Crippen LogP contribution in [0.25, 0.3) is 11.3 Å². The van der Waals surface area contributed by atoms with E-state index in [1.165, 1.54) is 0 Å². The van der Waals surface area contributed by atoms with Gasteiger partial charge in [0.05, 0.1) is 0 Å². The van der Waals surface area contributed by atoms with Gasteiger partial charge in [-0.15, -0.1) is 0 Å². The Morgan fingerprint density at radius 1 is 1.15 bits per heavy atom. The predicted octanol–water partition coefficient (Wildman–Crippen LogP) is 5.48. The number of aromatic nitrogens is 3. The van der Waals surface area contributed by atoms with Crippen molar-refractivity contribution in [1.82, 2.24) is 20.6 Å². The molecular formula is C24H32N4O4Si. The van der Waals surface area contributed by atoms with E-state index < -0.39 is 8.32 Å². The highest BCUT2D eigenvalue weighted by Gasteiger charge is 2.40. The van der Waals surface area contributed by atoms with Gasteiger partial charge in [-0.1, -0.05) is 61.4 Å². The third-order valence-corrected chi connectivity index (χ3v) is 11.3. The fraction of sp³-hybridized carbons (Fsp3) is 0.500. The molecule has 176 valence electrons. The van der Waals surface area contributed by atoms with E-state index in [-0.39, 0.29) is 34.7 Å². The van der Waals surface area contributed by atoms with Gasteiger partial charge in [-0.05, 0) is 37.9 Å². The number of rotatable bonds is 7. The molecule has 1 fully saturated rings. The molecule has 0 spiro atoms. The lowest BCUT2D eigenvalue weighted by atomic mass is 9.80. The fourth-order valence-corrected chi connectivity index (χ4v) is 4.91. The molecule has 1 N–H and O–H groups in total. The van der Waals surface area contributed by atoms with Crippen molar-refractivity contribution in [2.45, 2.75) is 76.7 Å². The van der Waals surface area contributed by atoms with Gasteiger partial charge in [0.2, 0.25) is 5.89 Å². The van der Waals surface area contributed by atoms with Crippen molar-refractivity contribution in [3.05, 3.63) is 53.8 Å². The van der Waals surface area contributed by atoms with E-state index in [2.05, 4.69) is 54.5 Å². The van der Waals surface area contributed by atoms with Gasteiger partial charge in [-0.3, -0.25) is 4.79 Å². The van der Waals surface area contributed by atoms with Crippen LogP contribution in [0.3, 0.4) is 0 Å². The molecule has 0 bridgehead atoms. The van der Waals surface area contributed by atoms with E-state index >= 15 is 0 Å². The largest absolute Gasteiger partial charge is 0.407 e. The quantitative estimate of drug-likeness (QED) is 0.458. The van der Waals surface area contributed by atoms with Crippen molar-refractivity contribution in [3.8, 4) is 11.3 Å². The molecule has 2 aromatic heterocycles. The molecule has 1 aromatic carbocycles. The summed E-state index contributed by atoms with van der Waals surface area (Å²) in [5.74, 6) is 1.65. The number of hydrogen-bond acceptors (Lipinski definition) is 7. The number of nitrogens with one attached hydrogen (secondary N) is 1. The maximum atomic E-state index is 12.5. The van der Waals surface area contributed by atoms with E-state index in [4.69, 9.17) is 13.5 Å². The summed E-state index contributed by atoms with van der Waals surface area (Å²) >= 11 is 0. The van der Waals surface area contributed by atoms with E-state index in [9.17, 15) is 4.79 Å². The second-order valence-electron chi connectivity index (χ2n) is 10.3. The average Bonchev–Trinajstić information content (AvgIpc) is 3.40. The molecule has 2 heterocycles. The predicted molar refractivity (Wildman–Crippen MR) is 126 cm³/mol. The van der Waals surface area contributed by atoms with Crippen LogP contribution in [0, 0.1) is 0 Å². The lowest BCUT2D eigenvalue weighted by molar-refractivity contribution is 0.0892. The van der Waals surface area contributed by atoms with E-state index in [0.29, 0.717) is 17.5 Å². The Hall–Kier alpha value is -2.78. The van der Waals surface area contributed by atoms with Crippen molar-refractivity contribution in [2.75, 3.05) is 0 Å². The van der Waals surface area contributed by atoms with Gasteiger partial charge in [-0.2, -0.15) is 4.98 Å². The minimum absolute atomic E-state index is 0.0376. The molecule has 0 radical (unpaired) electrons. The van der Waals surface area contributed by atoms with Crippen LogP contribution in [0.4, 0.5) is 0 Å². The summed E-state index contributed by atoms with van der Waals surface area (Å²) in [5.41, 5.74) is 1.15. The molecule has 0 aliphatic heterocycles. The monoisotopic (exact) mass is 468 g/mol. The number of hydrogen-bond donors (Lipinski definition) is 1. The van der Waals surface area contributed by atoms with Crippen LogP contribution in [0.2, 0.25) is 18.1 Å². The molecule has 1 aliphatic rings. The highest BCUT2D eigenvalue weighted by molar-refractivity contribution is 6.74. The van der Waals surface area contributed by atoms with Crippen molar-refractivity contribution in [1.29, 1.82) is 0 Å². The van der Waals surface area contributed by atoms with Crippen LogP contribution in [0.1, 0.15) is 74.8 Å². The van der Waals surface area contributed by atoms with Gasteiger partial charge in [-0.25, -0.2) is 0 Å². The Balaban J connectivity index is 1.29. The van der Waals surface area contributed by atoms with Crippen LogP contribution in [0.5, 0.6) is 0 Å². The Kier molecular flexibility index (Phi) is 6.28. The normalized spacial score (nSPS) is 19.7. The van der Waals surface area contributed by atoms with E-state index in [0.717, 1.165) is 18.4 Å². The SMILES string of the molecule is CC(O[Si](C)(C)C(C)(C)C)c1noc([C@H]2C[C@@H](NC(=O)c3cc(-c4ccccc4)on3)C2)n1. The molecule has 1 saturated carbocycles. The fourth-order valence-electron chi connectivity index (χ4n) is 3.57. The highest BCUT2D eigenvalue weighted by Crippen LogP contribution is 2.40. The second kappa shape index (κ2) is 8.87. The maximum Gasteiger partial charge on any atom is 0.273 e. The van der Waals surface area contributed by atoms with Gasteiger partial charge in [0.25, 0.3) is 5.91 Å². The third kappa shape index (κ3) is 5.09. The summed E-state index contributed by atoms with van der Waals surface area (Å²) in [6.45, 7) is 13.0. The first kappa shape index (κ1) is 23.4. The van der Waals surface area contributed by atoms with Crippen LogP contribution in [-0.2, 0) is 4.43 Å². The highest BCUT2D eigenvalue weighted by atomic mass is 28.4. The summed E-state index contributed by atoms with van der Waals surface area (Å²) in [4.78, 5) is 17.1. The molecule has 9 heteroatoms. The first-order valence-corrected chi connectivity index (χ1v) is 14.3. The zero-order valence-electron chi connectivity index (χ0n) is 20.1. The first-order chi connectivity index (χ1) is 15.5. The van der Waals surface area contributed by atoms with Gasteiger partial charge < -0.3 is 18.8 Å². The summed E-state index contributed by atoms with van der Waals surface area (Å²) < 4.78 is 17.2. The van der Waals surface area contributed by atoms with E-state index in [1.807, 2.05) is 37.3 Å². The number of carbonyl (C=O) groups is 1. The molecule has 8 nitrogen and oxygen atoms in total. The third-order valence-electron chi connectivity index (χ3n) is 6.72. The van der Waals surface area contributed by atoms with Crippen molar-refractivity contribution >= 4 is 14.2 Å². The average molecular weight is 469 g/mol. The number of benzene rings is 1. The molecule has 1 atom stereocenters. The molecule has 4 rings (SSSR count). The lowest BCUT2D eigenvalue weighted by Gasteiger charge is -2.37. The summed E-state index contributed by atoms with van der Waals surface area (Å²) in [7, 11) is -1.93. The summed E-state index contributed by atoms with van der Waals surface area (Å²) in [5, 5.41) is 11.2. The lowest BCUT2D eigenvalue weighted by Crippen LogP contribution is -2.43. The van der Waals surface area contributed by atoms with Crippen LogP contribution in [-0.4, -0.2) is 35.6 Å². The van der Waals surface area contributed by atoms with Gasteiger partial charge in [0, 0.05) is 23.6 Å². The molecule has 3 aromatic rings. The second-order valence-corrected chi connectivity index (χ2v) is 15.0. The van der Waals surface area contributed by atoms with Crippen LogP contribution < -0.4 is 5.32 Å². The van der Waals surface area contributed by atoms with E-state index in [1.54, 1.807) is 6.07 Å². The van der Waals surface area contributed by atoms with Crippen LogP contribution >= 0.6 is 0 Å². The standard InChI is InChI=1S/C24H32N4O4Si/c1-15(32-33(5,6)24(2,3)4)21-26-23(31-28-21)17-12-18(13-17)25-22(29)19-14-20(30-27-19)16-10-8-7-9-11-16/h7-11,14-15,17-18H,12-13H2,1-6H3,(H,25,29)/t15?,17-,18+. The minimum Gasteiger partial charge on any atom is -0.407 e. The topological polar surface area (TPSA) is 103 Å². The van der Waals surface area contributed by atoms with Crippen molar-refractivity contribution in [2.24, 2.45) is 0 Å². The van der Waals surface area contributed by atoms with Crippen molar-refractivity contribution in [3.63, 3.8) is 0 Å².